The summed E-state index contributed by atoms with van der Waals surface area (Å²) in [5.74, 6) is 1.42. The summed E-state index contributed by atoms with van der Waals surface area (Å²) in [6, 6.07) is 13.9. The molecule has 0 spiro atoms. The third-order valence-electron chi connectivity index (χ3n) is 3.18. The molecule has 2 aromatic rings. The lowest BCUT2D eigenvalue weighted by Gasteiger charge is -2.15. The maximum atomic E-state index is 6.28. The van der Waals surface area contributed by atoms with Crippen molar-refractivity contribution in [2.75, 3.05) is 14.2 Å². The van der Waals surface area contributed by atoms with Crippen LogP contribution in [0.1, 0.15) is 17.2 Å². The Labute approximate surface area is 127 Å². The summed E-state index contributed by atoms with van der Waals surface area (Å²) >= 11 is 3.47. The molecular formula is C16H18BrNO2. The summed E-state index contributed by atoms with van der Waals surface area (Å²) in [6.45, 7) is 0. The zero-order valence-electron chi connectivity index (χ0n) is 11.6. The number of hydrogen-bond donors (Lipinski definition) is 1. The molecule has 1 atom stereocenters. The molecule has 0 bridgehead atoms. The Morgan fingerprint density at radius 3 is 2.45 bits per heavy atom. The van der Waals surface area contributed by atoms with Gasteiger partial charge >= 0.3 is 0 Å². The number of halogens is 1. The summed E-state index contributed by atoms with van der Waals surface area (Å²) in [5, 5.41) is 0. The van der Waals surface area contributed by atoms with E-state index in [4.69, 9.17) is 15.2 Å². The number of ether oxygens (including phenoxy) is 2. The Hall–Kier alpha value is -1.52. The van der Waals surface area contributed by atoms with Gasteiger partial charge in [0.1, 0.15) is 0 Å². The second kappa shape index (κ2) is 6.77. The Kier molecular flexibility index (Phi) is 5.04. The monoisotopic (exact) mass is 335 g/mol. The average Bonchev–Trinajstić information content (AvgIpc) is 2.46. The molecule has 0 heterocycles. The lowest BCUT2D eigenvalue weighted by molar-refractivity contribution is 0.354. The molecular weight excluding hydrogens is 318 g/mol. The number of nitrogens with two attached hydrogens (primary N) is 1. The van der Waals surface area contributed by atoms with Crippen LogP contribution in [0.25, 0.3) is 0 Å². The first-order chi connectivity index (χ1) is 9.63. The van der Waals surface area contributed by atoms with E-state index in [9.17, 15) is 0 Å². The third kappa shape index (κ3) is 3.52. The van der Waals surface area contributed by atoms with Gasteiger partial charge in [-0.2, -0.15) is 0 Å². The molecule has 4 heteroatoms. The number of hydrogen-bond acceptors (Lipinski definition) is 3. The molecule has 0 aliphatic rings. The summed E-state index contributed by atoms with van der Waals surface area (Å²) in [6.07, 6.45) is 0.773. The van der Waals surface area contributed by atoms with Crippen LogP contribution in [-0.2, 0) is 6.42 Å². The van der Waals surface area contributed by atoms with Crippen LogP contribution in [0.5, 0.6) is 11.5 Å². The number of rotatable bonds is 5. The predicted molar refractivity (Wildman–Crippen MR) is 84.3 cm³/mol. The minimum atomic E-state index is -0.0795. The first kappa shape index (κ1) is 14.9. The standard InChI is InChI=1S/C16H18BrNO2/c1-19-15-7-6-12(10-16(15)20-2)14(18)9-11-4-3-5-13(17)8-11/h3-8,10,14H,9,18H2,1-2H3. The van der Waals surface area contributed by atoms with Gasteiger partial charge in [0.2, 0.25) is 0 Å². The van der Waals surface area contributed by atoms with E-state index in [1.54, 1.807) is 14.2 Å². The smallest absolute Gasteiger partial charge is 0.161 e. The fraction of sp³-hybridized carbons (Fsp3) is 0.250. The molecule has 0 fully saturated rings. The van der Waals surface area contributed by atoms with Crippen molar-refractivity contribution in [1.29, 1.82) is 0 Å². The molecule has 2 aromatic carbocycles. The highest BCUT2D eigenvalue weighted by Gasteiger charge is 2.11. The predicted octanol–water partition coefficient (Wildman–Crippen LogP) is 3.71. The quantitative estimate of drug-likeness (QED) is 0.905. The molecule has 3 nitrogen and oxygen atoms in total. The van der Waals surface area contributed by atoms with Crippen LogP contribution in [0.3, 0.4) is 0 Å². The zero-order chi connectivity index (χ0) is 14.5. The highest BCUT2D eigenvalue weighted by Crippen LogP contribution is 2.30. The van der Waals surface area contributed by atoms with Crippen LogP contribution in [-0.4, -0.2) is 14.2 Å². The lowest BCUT2D eigenvalue weighted by atomic mass is 9.99. The minimum Gasteiger partial charge on any atom is -0.493 e. The second-order valence-electron chi connectivity index (χ2n) is 4.55. The van der Waals surface area contributed by atoms with E-state index in [1.165, 1.54) is 5.56 Å². The molecule has 0 aliphatic heterocycles. The fourth-order valence-corrected chi connectivity index (χ4v) is 2.57. The van der Waals surface area contributed by atoms with Crippen LogP contribution in [0.2, 0.25) is 0 Å². The van der Waals surface area contributed by atoms with E-state index in [-0.39, 0.29) is 6.04 Å². The molecule has 2 rings (SSSR count). The van der Waals surface area contributed by atoms with E-state index in [1.807, 2.05) is 30.3 Å². The van der Waals surface area contributed by atoms with Gasteiger partial charge in [-0.3, -0.25) is 0 Å². The summed E-state index contributed by atoms with van der Waals surface area (Å²) < 4.78 is 11.6. The first-order valence-electron chi connectivity index (χ1n) is 6.36. The highest BCUT2D eigenvalue weighted by atomic mass is 79.9. The van der Waals surface area contributed by atoms with Gasteiger partial charge in [-0.05, 0) is 41.8 Å². The highest BCUT2D eigenvalue weighted by molar-refractivity contribution is 9.10. The van der Waals surface area contributed by atoms with Gasteiger partial charge < -0.3 is 15.2 Å². The van der Waals surface area contributed by atoms with Crippen molar-refractivity contribution in [3.63, 3.8) is 0 Å². The van der Waals surface area contributed by atoms with Crippen molar-refractivity contribution in [2.24, 2.45) is 5.73 Å². The molecule has 0 aliphatic carbocycles. The number of methoxy groups -OCH3 is 2. The van der Waals surface area contributed by atoms with Crippen molar-refractivity contribution in [3.05, 3.63) is 58.1 Å². The fourth-order valence-electron chi connectivity index (χ4n) is 2.12. The molecule has 0 radical (unpaired) electrons. The van der Waals surface area contributed by atoms with Crippen LogP contribution in [0.4, 0.5) is 0 Å². The van der Waals surface area contributed by atoms with Crippen molar-refractivity contribution in [2.45, 2.75) is 12.5 Å². The van der Waals surface area contributed by atoms with Crippen molar-refractivity contribution < 1.29 is 9.47 Å². The largest absolute Gasteiger partial charge is 0.493 e. The van der Waals surface area contributed by atoms with Crippen molar-refractivity contribution >= 4 is 15.9 Å². The van der Waals surface area contributed by atoms with Gasteiger partial charge in [-0.15, -0.1) is 0 Å². The van der Waals surface area contributed by atoms with Crippen molar-refractivity contribution in [3.8, 4) is 11.5 Å². The molecule has 1 unspecified atom stereocenters. The van der Waals surface area contributed by atoms with Crippen molar-refractivity contribution in [1.82, 2.24) is 0 Å². The molecule has 20 heavy (non-hydrogen) atoms. The Morgan fingerprint density at radius 1 is 1.05 bits per heavy atom. The van der Waals surface area contributed by atoms with E-state index >= 15 is 0 Å². The van der Waals surface area contributed by atoms with Gasteiger partial charge in [0.25, 0.3) is 0 Å². The first-order valence-corrected chi connectivity index (χ1v) is 7.15. The maximum Gasteiger partial charge on any atom is 0.161 e. The summed E-state index contributed by atoms with van der Waals surface area (Å²) in [4.78, 5) is 0. The molecule has 0 amide bonds. The minimum absolute atomic E-state index is 0.0795. The summed E-state index contributed by atoms with van der Waals surface area (Å²) in [7, 11) is 3.25. The van der Waals surface area contributed by atoms with Crippen LogP contribution in [0.15, 0.2) is 46.9 Å². The normalized spacial score (nSPS) is 12.0. The van der Waals surface area contributed by atoms with Gasteiger partial charge in [0.15, 0.2) is 11.5 Å². The molecule has 0 saturated heterocycles. The topological polar surface area (TPSA) is 44.5 Å². The van der Waals surface area contributed by atoms with Crippen LogP contribution < -0.4 is 15.2 Å². The van der Waals surface area contributed by atoms with E-state index in [2.05, 4.69) is 28.1 Å². The van der Waals surface area contributed by atoms with Gasteiger partial charge in [-0.1, -0.05) is 34.1 Å². The average molecular weight is 336 g/mol. The van der Waals surface area contributed by atoms with Gasteiger partial charge in [0, 0.05) is 10.5 Å². The zero-order valence-corrected chi connectivity index (χ0v) is 13.2. The van der Waals surface area contributed by atoms with E-state index < -0.39 is 0 Å². The maximum absolute atomic E-state index is 6.28. The van der Waals surface area contributed by atoms with Crippen LogP contribution >= 0.6 is 15.9 Å². The Balaban J connectivity index is 2.18. The third-order valence-corrected chi connectivity index (χ3v) is 3.67. The molecule has 0 saturated carbocycles. The van der Waals surface area contributed by atoms with Gasteiger partial charge in [0.05, 0.1) is 14.2 Å². The van der Waals surface area contributed by atoms with Gasteiger partial charge in [-0.25, -0.2) is 0 Å². The molecule has 2 N–H and O–H groups in total. The van der Waals surface area contributed by atoms with E-state index in [0.29, 0.717) is 11.5 Å². The van der Waals surface area contributed by atoms with E-state index in [0.717, 1.165) is 16.5 Å². The second-order valence-corrected chi connectivity index (χ2v) is 5.47. The molecule has 0 aromatic heterocycles. The Bertz CT molecular complexity index is 586. The molecule has 106 valence electrons. The van der Waals surface area contributed by atoms with Crippen LogP contribution in [0, 0.1) is 0 Å². The lowest BCUT2D eigenvalue weighted by Crippen LogP contribution is -2.13. The summed E-state index contributed by atoms with van der Waals surface area (Å²) in [5.41, 5.74) is 8.51. The Morgan fingerprint density at radius 2 is 1.80 bits per heavy atom. The number of benzene rings is 2. The SMILES string of the molecule is COc1ccc(C(N)Cc2cccc(Br)c2)cc1OC.